The van der Waals surface area contributed by atoms with E-state index in [0.717, 1.165) is 30.6 Å². The fourth-order valence-electron chi connectivity index (χ4n) is 6.57. The van der Waals surface area contributed by atoms with Crippen LogP contribution in [0.3, 0.4) is 0 Å². The minimum Gasteiger partial charge on any atom is -0.497 e. The number of ketones is 1. The molecule has 2 aliphatic rings. The number of halogens is 2. The number of carboxylic acids is 1. The molecular weight excluding hydrogens is 553 g/mol. The standard InChI is InChI=1S/C31H31ClFNO5S/c1-31(30(37)38)26(20-9-6-10-22(17-20)39-2)25(28(35)23-15-16-24(32)40-23)27(18-11-13-21(33)14-12-18)34(31)29(36)19-7-4-3-5-8-19/h6,9-17,19,25-27H,3-5,7-8H2,1-2H3,(H,37,38). The van der Waals surface area contributed by atoms with Crippen LogP contribution in [-0.4, -0.2) is 40.3 Å². The Morgan fingerprint density at radius 1 is 1.02 bits per heavy atom. The molecule has 4 atom stereocenters. The maximum Gasteiger partial charge on any atom is 0.330 e. The zero-order valence-corrected chi connectivity index (χ0v) is 23.9. The van der Waals surface area contributed by atoms with Crippen LogP contribution < -0.4 is 4.74 Å². The number of hydrogen-bond acceptors (Lipinski definition) is 5. The quantitative estimate of drug-likeness (QED) is 0.299. The van der Waals surface area contributed by atoms with Crippen LogP contribution in [0.4, 0.5) is 4.39 Å². The van der Waals surface area contributed by atoms with Crippen LogP contribution in [0, 0.1) is 17.7 Å². The molecule has 1 aliphatic carbocycles. The number of carboxylic acid groups (broad SMARTS) is 1. The van der Waals surface area contributed by atoms with E-state index in [1.54, 1.807) is 48.5 Å². The van der Waals surface area contributed by atoms with Gasteiger partial charge in [-0.25, -0.2) is 9.18 Å². The largest absolute Gasteiger partial charge is 0.497 e. The third-order valence-electron chi connectivity index (χ3n) is 8.49. The molecule has 1 saturated heterocycles. The molecule has 1 saturated carbocycles. The molecule has 0 spiro atoms. The highest BCUT2D eigenvalue weighted by Crippen LogP contribution is 2.58. The van der Waals surface area contributed by atoms with Crippen LogP contribution in [0.1, 0.15) is 71.8 Å². The van der Waals surface area contributed by atoms with Gasteiger partial charge < -0.3 is 14.7 Å². The number of ether oxygens (including phenoxy) is 1. The number of Topliss-reactive ketones (excluding diaryl/α,β-unsaturated/α-hetero) is 1. The van der Waals surface area contributed by atoms with Gasteiger partial charge in [0.05, 0.1) is 28.3 Å². The summed E-state index contributed by atoms with van der Waals surface area (Å²) >= 11 is 7.33. The van der Waals surface area contributed by atoms with Crippen LogP contribution >= 0.6 is 22.9 Å². The molecule has 3 aromatic rings. The molecule has 0 bridgehead atoms. The second kappa shape index (κ2) is 11.3. The van der Waals surface area contributed by atoms with E-state index in [1.165, 1.54) is 31.1 Å². The SMILES string of the molecule is COc1cccc(C2C(C(=O)c3ccc(Cl)s3)C(c3ccc(F)cc3)N(C(=O)C3CCCCC3)C2(C)C(=O)O)c1. The number of nitrogens with zero attached hydrogens (tertiary/aromatic N) is 1. The molecule has 1 aliphatic heterocycles. The van der Waals surface area contributed by atoms with E-state index in [1.807, 2.05) is 0 Å². The highest BCUT2D eigenvalue weighted by atomic mass is 35.5. The summed E-state index contributed by atoms with van der Waals surface area (Å²) in [4.78, 5) is 44.0. The number of amides is 1. The number of aliphatic carboxylic acids is 1. The number of thiophene rings is 1. The fourth-order valence-corrected chi connectivity index (χ4v) is 7.60. The Bertz CT molecular complexity index is 1420. The molecule has 9 heteroatoms. The Labute approximate surface area is 241 Å². The number of benzene rings is 2. The molecule has 2 heterocycles. The zero-order valence-electron chi connectivity index (χ0n) is 22.3. The average Bonchev–Trinajstić information content (AvgIpc) is 3.52. The lowest BCUT2D eigenvalue weighted by Gasteiger charge is -2.40. The molecule has 210 valence electrons. The minimum absolute atomic E-state index is 0.286. The van der Waals surface area contributed by atoms with Crippen LogP contribution in [0.25, 0.3) is 0 Å². The van der Waals surface area contributed by atoms with Gasteiger partial charge in [0.15, 0.2) is 5.78 Å². The molecule has 1 N–H and O–H groups in total. The molecule has 1 amide bonds. The van der Waals surface area contributed by atoms with Crippen molar-refractivity contribution in [1.82, 2.24) is 4.90 Å². The molecule has 0 radical (unpaired) electrons. The van der Waals surface area contributed by atoms with Gasteiger partial charge in [-0.15, -0.1) is 11.3 Å². The van der Waals surface area contributed by atoms with Crippen molar-refractivity contribution < 1.29 is 28.6 Å². The molecule has 5 rings (SSSR count). The summed E-state index contributed by atoms with van der Waals surface area (Å²) in [5, 5.41) is 10.9. The van der Waals surface area contributed by atoms with Crippen LogP contribution in [0.2, 0.25) is 4.34 Å². The number of carbonyl (C=O) groups is 3. The topological polar surface area (TPSA) is 83.9 Å². The molecule has 40 heavy (non-hydrogen) atoms. The highest BCUT2D eigenvalue weighted by Gasteiger charge is 2.65. The monoisotopic (exact) mass is 583 g/mol. The molecule has 1 aromatic heterocycles. The first-order chi connectivity index (χ1) is 19.2. The molecule has 2 fully saturated rings. The number of likely N-dealkylation sites (tertiary alicyclic amines) is 1. The van der Waals surface area contributed by atoms with Gasteiger partial charge in [0.25, 0.3) is 0 Å². The van der Waals surface area contributed by atoms with E-state index in [-0.39, 0.29) is 17.6 Å². The Morgan fingerprint density at radius 3 is 2.33 bits per heavy atom. The van der Waals surface area contributed by atoms with Crippen molar-refractivity contribution in [1.29, 1.82) is 0 Å². The molecular formula is C31H31ClFNO5S. The Kier molecular flexibility index (Phi) is 8.02. The minimum atomic E-state index is -1.79. The Hall–Kier alpha value is -3.23. The van der Waals surface area contributed by atoms with E-state index in [0.29, 0.717) is 38.9 Å². The number of methoxy groups -OCH3 is 1. The maximum absolute atomic E-state index is 14.4. The van der Waals surface area contributed by atoms with Crippen molar-refractivity contribution in [2.75, 3.05) is 7.11 Å². The first-order valence-electron chi connectivity index (χ1n) is 13.4. The Morgan fingerprint density at radius 2 is 1.73 bits per heavy atom. The van der Waals surface area contributed by atoms with Crippen molar-refractivity contribution in [3.8, 4) is 5.75 Å². The van der Waals surface area contributed by atoms with E-state index in [9.17, 15) is 23.9 Å². The van der Waals surface area contributed by atoms with Gasteiger partial charge in [-0.1, -0.05) is 55.1 Å². The lowest BCUT2D eigenvalue weighted by atomic mass is 9.72. The average molecular weight is 584 g/mol. The zero-order chi connectivity index (χ0) is 28.6. The van der Waals surface area contributed by atoms with Gasteiger partial charge in [0, 0.05) is 11.8 Å². The van der Waals surface area contributed by atoms with Crippen molar-refractivity contribution in [3.63, 3.8) is 0 Å². The first kappa shape index (κ1) is 28.3. The van der Waals surface area contributed by atoms with Crippen molar-refractivity contribution in [3.05, 3.63) is 86.8 Å². The number of hydrogen-bond donors (Lipinski definition) is 1. The van der Waals surface area contributed by atoms with Crippen LogP contribution in [0.15, 0.2) is 60.7 Å². The normalized spacial score (nSPS) is 25.1. The lowest BCUT2D eigenvalue weighted by molar-refractivity contribution is -0.160. The summed E-state index contributed by atoms with van der Waals surface area (Å²) in [5.41, 5.74) is -0.720. The Balaban J connectivity index is 1.79. The van der Waals surface area contributed by atoms with Gasteiger partial charge in [0.2, 0.25) is 5.91 Å². The van der Waals surface area contributed by atoms with Crippen molar-refractivity contribution in [2.45, 2.75) is 56.5 Å². The summed E-state index contributed by atoms with van der Waals surface area (Å²) in [6.45, 7) is 1.53. The predicted octanol–water partition coefficient (Wildman–Crippen LogP) is 7.14. The summed E-state index contributed by atoms with van der Waals surface area (Å²) < 4.78 is 20.0. The van der Waals surface area contributed by atoms with Gasteiger partial charge in [-0.05, 0) is 67.3 Å². The molecule has 2 aromatic carbocycles. The highest BCUT2D eigenvalue weighted by molar-refractivity contribution is 7.18. The predicted molar refractivity (Wildman–Crippen MR) is 151 cm³/mol. The van der Waals surface area contributed by atoms with Gasteiger partial charge in [-0.2, -0.15) is 0 Å². The van der Waals surface area contributed by atoms with Crippen molar-refractivity contribution in [2.24, 2.45) is 11.8 Å². The van der Waals surface area contributed by atoms with Gasteiger partial charge in [-0.3, -0.25) is 9.59 Å². The second-order valence-electron chi connectivity index (χ2n) is 10.7. The number of carbonyl (C=O) groups excluding carboxylic acids is 2. The van der Waals surface area contributed by atoms with E-state index < -0.39 is 35.2 Å². The molecule has 4 unspecified atom stereocenters. The molecule has 6 nitrogen and oxygen atoms in total. The van der Waals surface area contributed by atoms with E-state index in [4.69, 9.17) is 16.3 Å². The second-order valence-corrected chi connectivity index (χ2v) is 12.5. The van der Waals surface area contributed by atoms with E-state index in [2.05, 4.69) is 0 Å². The summed E-state index contributed by atoms with van der Waals surface area (Å²) in [5.74, 6) is -4.05. The van der Waals surface area contributed by atoms with Gasteiger partial charge >= 0.3 is 5.97 Å². The van der Waals surface area contributed by atoms with E-state index >= 15 is 0 Å². The lowest BCUT2D eigenvalue weighted by Crippen LogP contribution is -2.55. The first-order valence-corrected chi connectivity index (χ1v) is 14.6. The summed E-state index contributed by atoms with van der Waals surface area (Å²) in [6, 6.07) is 14.9. The van der Waals surface area contributed by atoms with Crippen LogP contribution in [-0.2, 0) is 9.59 Å². The summed E-state index contributed by atoms with van der Waals surface area (Å²) in [7, 11) is 1.51. The maximum atomic E-state index is 14.4. The van der Waals surface area contributed by atoms with Crippen LogP contribution in [0.5, 0.6) is 5.75 Å². The van der Waals surface area contributed by atoms with Gasteiger partial charge in [0.1, 0.15) is 17.1 Å². The number of rotatable bonds is 7. The smallest absolute Gasteiger partial charge is 0.330 e. The third-order valence-corrected chi connectivity index (χ3v) is 9.74. The third kappa shape index (κ3) is 4.92. The van der Waals surface area contributed by atoms with Crippen molar-refractivity contribution >= 4 is 40.6 Å². The fraction of sp³-hybridized carbons (Fsp3) is 0.387. The summed E-state index contributed by atoms with van der Waals surface area (Å²) in [6.07, 6.45) is 4.09.